The van der Waals surface area contributed by atoms with Gasteiger partial charge in [0.05, 0.1) is 0 Å². The second-order valence-corrected chi connectivity index (χ2v) is 5.57. The fourth-order valence-corrected chi connectivity index (χ4v) is 2.53. The van der Waals surface area contributed by atoms with Crippen LogP contribution in [-0.4, -0.2) is 10.2 Å². The molecule has 0 amide bonds. The summed E-state index contributed by atoms with van der Waals surface area (Å²) >= 11 is 0. The maximum atomic E-state index is 10.5. The summed E-state index contributed by atoms with van der Waals surface area (Å²) in [5.74, 6) is 0.643. The highest BCUT2D eigenvalue weighted by atomic mass is 16.3. The molecule has 1 rings (SSSR count). The lowest BCUT2D eigenvalue weighted by Gasteiger charge is -2.16. The number of benzene rings is 1. The van der Waals surface area contributed by atoms with E-state index in [0.717, 1.165) is 74.5 Å². The Morgan fingerprint density at radius 1 is 0.750 bits per heavy atom. The predicted octanol–water partition coefficient (Wildman–Crippen LogP) is 4.93. The minimum Gasteiger partial charge on any atom is -0.507 e. The molecule has 0 heterocycles. The monoisotopic (exact) mass is 277 g/mol. The molecule has 0 saturated carbocycles. The minimum atomic E-state index is 0.258. The van der Waals surface area contributed by atoms with Crippen LogP contribution in [0.25, 0.3) is 0 Å². The largest absolute Gasteiger partial charge is 0.507 e. The van der Waals surface area contributed by atoms with E-state index < -0.39 is 0 Å². The van der Waals surface area contributed by atoms with Crippen LogP contribution in [0.5, 0.6) is 11.5 Å². The summed E-state index contributed by atoms with van der Waals surface area (Å²) in [6.07, 6.45) is 8.84. The summed E-state index contributed by atoms with van der Waals surface area (Å²) in [7, 11) is 0. The fraction of sp³-hybridized carbons (Fsp3) is 0.667. The maximum absolute atomic E-state index is 10.5. The van der Waals surface area contributed by atoms with Gasteiger partial charge >= 0.3 is 0 Å². The summed E-state index contributed by atoms with van der Waals surface area (Å²) in [5.41, 5.74) is 2.66. The molecule has 0 aliphatic heterocycles. The minimum absolute atomic E-state index is 0.258. The molecule has 1 aromatic rings. The van der Waals surface area contributed by atoms with Gasteiger partial charge in [0.2, 0.25) is 0 Å². The van der Waals surface area contributed by atoms with Crippen LogP contribution in [0.2, 0.25) is 0 Å². The molecule has 0 unspecified atom stereocenters. The molecule has 0 fully saturated rings. The zero-order valence-corrected chi connectivity index (χ0v) is 13.3. The molecule has 2 N–H and O–H groups in total. The smallest absolute Gasteiger partial charge is 0.127 e. The highest BCUT2D eigenvalue weighted by Gasteiger charge is 2.17. The summed E-state index contributed by atoms with van der Waals surface area (Å²) in [5, 5.41) is 20.8. The molecular weight excluding hydrogens is 248 g/mol. The summed E-state index contributed by atoms with van der Waals surface area (Å²) in [6, 6.07) is 3.01. The van der Waals surface area contributed by atoms with Gasteiger partial charge in [0.15, 0.2) is 0 Å². The molecular formula is C18H29O2. The number of phenolic OH excluding ortho intramolecular Hbond substituents is 2. The molecule has 0 bridgehead atoms. The average molecular weight is 277 g/mol. The van der Waals surface area contributed by atoms with Crippen LogP contribution in [0, 0.1) is 6.07 Å². The Hall–Kier alpha value is -1.18. The standard InChI is InChI=1S/C18H29O2/c1-4-7-10-14-13-17(19)15(11-8-5-2)16(18(14)20)12-9-6-3/h19-20H,4-12H2,1-3H3. The van der Waals surface area contributed by atoms with Crippen LogP contribution in [0.15, 0.2) is 0 Å². The summed E-state index contributed by atoms with van der Waals surface area (Å²) in [4.78, 5) is 0. The van der Waals surface area contributed by atoms with Crippen molar-refractivity contribution in [2.75, 3.05) is 0 Å². The molecule has 0 spiro atoms. The van der Waals surface area contributed by atoms with Crippen LogP contribution in [-0.2, 0) is 19.3 Å². The Kier molecular flexibility index (Phi) is 7.50. The third kappa shape index (κ3) is 4.43. The number of aromatic hydroxyl groups is 2. The van der Waals surface area contributed by atoms with Crippen molar-refractivity contribution < 1.29 is 10.2 Å². The lowest BCUT2D eigenvalue weighted by Crippen LogP contribution is -2.00. The van der Waals surface area contributed by atoms with Gasteiger partial charge in [0, 0.05) is 22.8 Å². The number of aryl methyl sites for hydroxylation is 1. The van der Waals surface area contributed by atoms with Gasteiger partial charge in [-0.2, -0.15) is 0 Å². The van der Waals surface area contributed by atoms with Gasteiger partial charge < -0.3 is 10.2 Å². The number of hydrogen-bond donors (Lipinski definition) is 2. The first kappa shape index (κ1) is 16.9. The van der Waals surface area contributed by atoms with Crippen LogP contribution in [0.1, 0.15) is 76.0 Å². The van der Waals surface area contributed by atoms with Crippen LogP contribution < -0.4 is 0 Å². The Bertz CT molecular complexity index is 410. The molecule has 0 atom stereocenters. The lowest BCUT2D eigenvalue weighted by atomic mass is 9.92. The first-order valence-electron chi connectivity index (χ1n) is 8.13. The Labute approximate surface area is 123 Å². The molecule has 0 aliphatic rings. The van der Waals surface area contributed by atoms with Gasteiger partial charge in [-0.25, -0.2) is 0 Å². The Balaban J connectivity index is 3.11. The van der Waals surface area contributed by atoms with Gasteiger partial charge in [0.1, 0.15) is 11.5 Å². The molecule has 0 aliphatic carbocycles. The first-order valence-corrected chi connectivity index (χ1v) is 8.13. The van der Waals surface area contributed by atoms with E-state index >= 15 is 0 Å². The maximum Gasteiger partial charge on any atom is 0.127 e. The average Bonchev–Trinajstić information content (AvgIpc) is 2.45. The number of unbranched alkanes of at least 4 members (excludes halogenated alkanes) is 3. The number of phenols is 2. The van der Waals surface area contributed by atoms with Gasteiger partial charge in [0.25, 0.3) is 0 Å². The van der Waals surface area contributed by atoms with E-state index in [9.17, 15) is 10.2 Å². The van der Waals surface area contributed by atoms with Crippen LogP contribution in [0.4, 0.5) is 0 Å². The van der Waals surface area contributed by atoms with Gasteiger partial charge in [-0.15, -0.1) is 0 Å². The normalized spacial score (nSPS) is 10.9. The van der Waals surface area contributed by atoms with Gasteiger partial charge in [-0.1, -0.05) is 40.0 Å². The molecule has 0 saturated heterocycles. The molecule has 113 valence electrons. The van der Waals surface area contributed by atoms with Crippen molar-refractivity contribution in [3.8, 4) is 11.5 Å². The third-order valence-electron chi connectivity index (χ3n) is 3.83. The summed E-state index contributed by atoms with van der Waals surface area (Å²) < 4.78 is 0. The van der Waals surface area contributed by atoms with Crippen LogP contribution in [0.3, 0.4) is 0 Å². The van der Waals surface area contributed by atoms with E-state index in [1.165, 1.54) is 0 Å². The molecule has 0 aromatic heterocycles. The van der Waals surface area contributed by atoms with Crippen molar-refractivity contribution in [3.63, 3.8) is 0 Å². The van der Waals surface area contributed by atoms with Crippen molar-refractivity contribution in [3.05, 3.63) is 22.8 Å². The van der Waals surface area contributed by atoms with Crippen molar-refractivity contribution in [1.29, 1.82) is 0 Å². The summed E-state index contributed by atoms with van der Waals surface area (Å²) in [6.45, 7) is 6.42. The predicted molar refractivity (Wildman–Crippen MR) is 84.4 cm³/mol. The lowest BCUT2D eigenvalue weighted by molar-refractivity contribution is 0.438. The zero-order valence-electron chi connectivity index (χ0n) is 13.3. The molecule has 2 nitrogen and oxygen atoms in total. The van der Waals surface area contributed by atoms with Gasteiger partial charge in [-0.05, 0) is 38.5 Å². The fourth-order valence-electron chi connectivity index (χ4n) is 2.53. The van der Waals surface area contributed by atoms with E-state index in [0.29, 0.717) is 5.75 Å². The quantitative estimate of drug-likeness (QED) is 0.629. The van der Waals surface area contributed by atoms with E-state index in [-0.39, 0.29) is 5.75 Å². The zero-order chi connectivity index (χ0) is 15.0. The van der Waals surface area contributed by atoms with Gasteiger partial charge in [-0.3, -0.25) is 0 Å². The molecule has 1 aromatic carbocycles. The van der Waals surface area contributed by atoms with Crippen molar-refractivity contribution in [1.82, 2.24) is 0 Å². The third-order valence-corrected chi connectivity index (χ3v) is 3.83. The van der Waals surface area contributed by atoms with Crippen molar-refractivity contribution in [2.24, 2.45) is 0 Å². The second kappa shape index (κ2) is 8.89. The van der Waals surface area contributed by atoms with E-state index in [2.05, 4.69) is 26.8 Å². The highest BCUT2D eigenvalue weighted by molar-refractivity contribution is 5.52. The molecule has 20 heavy (non-hydrogen) atoms. The van der Waals surface area contributed by atoms with Crippen molar-refractivity contribution >= 4 is 0 Å². The van der Waals surface area contributed by atoms with Crippen molar-refractivity contribution in [2.45, 2.75) is 78.6 Å². The molecule has 1 radical (unpaired) electrons. The van der Waals surface area contributed by atoms with E-state index in [1.807, 2.05) is 0 Å². The van der Waals surface area contributed by atoms with E-state index in [1.54, 1.807) is 0 Å². The SMILES string of the molecule is CCCCc1[c]c(O)c(CCCC)c(CCCC)c1O. The Morgan fingerprint density at radius 3 is 1.80 bits per heavy atom. The second-order valence-electron chi connectivity index (χ2n) is 5.57. The number of hydrogen-bond acceptors (Lipinski definition) is 2. The van der Waals surface area contributed by atoms with Crippen LogP contribution >= 0.6 is 0 Å². The Morgan fingerprint density at radius 2 is 1.25 bits per heavy atom. The number of rotatable bonds is 9. The van der Waals surface area contributed by atoms with E-state index in [4.69, 9.17) is 0 Å². The molecule has 2 heteroatoms. The highest BCUT2D eigenvalue weighted by Crippen LogP contribution is 2.35. The topological polar surface area (TPSA) is 40.5 Å². The first-order chi connectivity index (χ1) is 9.65.